The lowest BCUT2D eigenvalue weighted by atomic mass is 10.2. The molecular weight excluding hydrogens is 248 g/mol. The summed E-state index contributed by atoms with van der Waals surface area (Å²) in [6, 6.07) is 15.2. The van der Waals surface area contributed by atoms with Gasteiger partial charge in [-0.1, -0.05) is 35.9 Å². The molecule has 0 spiro atoms. The first-order valence-corrected chi connectivity index (χ1v) is 6.11. The van der Waals surface area contributed by atoms with Crippen molar-refractivity contribution in [3.8, 4) is 5.75 Å². The molecule has 0 aliphatic rings. The van der Waals surface area contributed by atoms with E-state index in [0.717, 1.165) is 11.4 Å². The van der Waals surface area contributed by atoms with Gasteiger partial charge in [-0.05, 0) is 24.3 Å². The van der Waals surface area contributed by atoms with Gasteiger partial charge in [0.2, 0.25) is 0 Å². The Hall–Kier alpha value is -1.87. The van der Waals surface area contributed by atoms with Crippen molar-refractivity contribution in [1.29, 1.82) is 0 Å². The number of hydrogen-bond acceptors (Lipinski definition) is 3. The van der Waals surface area contributed by atoms with Crippen LogP contribution in [0.25, 0.3) is 0 Å². The fourth-order valence-electron chi connectivity index (χ4n) is 1.56. The van der Waals surface area contributed by atoms with Crippen molar-refractivity contribution in [2.75, 3.05) is 24.2 Å². The normalized spacial score (nSPS) is 10.1. The van der Waals surface area contributed by atoms with Gasteiger partial charge in [-0.3, -0.25) is 0 Å². The highest BCUT2D eigenvalue weighted by molar-refractivity contribution is 6.33. The van der Waals surface area contributed by atoms with E-state index in [1.807, 2.05) is 42.5 Å². The van der Waals surface area contributed by atoms with Crippen molar-refractivity contribution < 1.29 is 4.74 Å². The lowest BCUT2D eigenvalue weighted by molar-refractivity contribution is 0.333. The number of hydrogen-bond donors (Lipinski definition) is 2. The number of rotatable bonds is 5. The first-order valence-electron chi connectivity index (χ1n) is 5.73. The molecule has 2 aromatic rings. The summed E-state index contributed by atoms with van der Waals surface area (Å²) in [6.07, 6.45) is 0. The molecule has 3 nitrogen and oxygen atoms in total. The summed E-state index contributed by atoms with van der Waals surface area (Å²) in [6.45, 7) is 1.23. The first kappa shape index (κ1) is 12.6. The van der Waals surface area contributed by atoms with Crippen LogP contribution in [0, 0.1) is 0 Å². The minimum atomic E-state index is 0.559. The van der Waals surface area contributed by atoms with E-state index in [1.54, 1.807) is 6.07 Å². The lowest BCUT2D eigenvalue weighted by Crippen LogP contribution is -2.12. The van der Waals surface area contributed by atoms with Crippen molar-refractivity contribution in [1.82, 2.24) is 0 Å². The average Bonchev–Trinajstić information content (AvgIpc) is 2.40. The molecule has 0 radical (unpaired) electrons. The molecule has 0 atom stereocenters. The van der Waals surface area contributed by atoms with E-state index >= 15 is 0 Å². The van der Waals surface area contributed by atoms with Crippen LogP contribution in [0.2, 0.25) is 5.02 Å². The van der Waals surface area contributed by atoms with Crippen LogP contribution in [-0.4, -0.2) is 13.2 Å². The zero-order valence-corrected chi connectivity index (χ0v) is 10.7. The van der Waals surface area contributed by atoms with Crippen molar-refractivity contribution in [3.63, 3.8) is 0 Å². The van der Waals surface area contributed by atoms with E-state index < -0.39 is 0 Å². The van der Waals surface area contributed by atoms with E-state index in [0.29, 0.717) is 23.9 Å². The number of anilines is 2. The van der Waals surface area contributed by atoms with Crippen molar-refractivity contribution >= 4 is 23.0 Å². The molecule has 18 heavy (non-hydrogen) atoms. The minimum Gasteiger partial charge on any atom is -0.492 e. The summed E-state index contributed by atoms with van der Waals surface area (Å²) in [5, 5.41) is 3.75. The number of halogens is 1. The van der Waals surface area contributed by atoms with Crippen LogP contribution in [0.4, 0.5) is 11.4 Å². The van der Waals surface area contributed by atoms with Crippen molar-refractivity contribution in [2.24, 2.45) is 0 Å². The van der Waals surface area contributed by atoms with Crippen LogP contribution in [0.5, 0.6) is 5.75 Å². The van der Waals surface area contributed by atoms with Gasteiger partial charge in [0.25, 0.3) is 0 Å². The Morgan fingerprint density at radius 2 is 1.83 bits per heavy atom. The predicted molar refractivity (Wildman–Crippen MR) is 76.3 cm³/mol. The summed E-state index contributed by atoms with van der Waals surface area (Å²) < 4.78 is 5.56. The van der Waals surface area contributed by atoms with E-state index in [9.17, 15) is 0 Å². The third kappa shape index (κ3) is 3.31. The maximum Gasteiger partial charge on any atom is 0.119 e. The monoisotopic (exact) mass is 262 g/mol. The maximum absolute atomic E-state index is 5.93. The zero-order chi connectivity index (χ0) is 12.8. The summed E-state index contributed by atoms with van der Waals surface area (Å²) in [5.41, 5.74) is 7.24. The lowest BCUT2D eigenvalue weighted by Gasteiger charge is -2.11. The highest BCUT2D eigenvalue weighted by Crippen LogP contribution is 2.26. The molecule has 0 unspecified atom stereocenters. The molecule has 0 bridgehead atoms. The summed E-state index contributed by atoms with van der Waals surface area (Å²) in [5.74, 6) is 0.860. The van der Waals surface area contributed by atoms with E-state index in [4.69, 9.17) is 22.1 Å². The molecule has 0 saturated carbocycles. The fraction of sp³-hybridized carbons (Fsp3) is 0.143. The third-order valence-corrected chi connectivity index (χ3v) is 2.81. The summed E-state index contributed by atoms with van der Waals surface area (Å²) >= 11 is 5.93. The van der Waals surface area contributed by atoms with Crippen LogP contribution in [0.3, 0.4) is 0 Å². The maximum atomic E-state index is 5.93. The number of nitrogens with one attached hydrogen (secondary N) is 1. The third-order valence-electron chi connectivity index (χ3n) is 2.48. The first-order chi connectivity index (χ1) is 8.77. The molecule has 3 N–H and O–H groups in total. The standard InChI is InChI=1S/C14H15ClN2O/c15-12-7-4-8-13(14(12)16)17-9-10-18-11-5-2-1-3-6-11/h1-8,17H,9-10,16H2. The second kappa shape index (κ2) is 6.17. The Balaban J connectivity index is 1.81. The molecule has 0 saturated heterocycles. The smallest absolute Gasteiger partial charge is 0.119 e. The largest absolute Gasteiger partial charge is 0.492 e. The molecule has 0 aliphatic heterocycles. The molecule has 0 amide bonds. The van der Waals surface area contributed by atoms with Gasteiger partial charge in [-0.15, -0.1) is 0 Å². The summed E-state index contributed by atoms with van der Waals surface area (Å²) in [4.78, 5) is 0. The number of nitrogen functional groups attached to an aromatic ring is 1. The second-order valence-electron chi connectivity index (χ2n) is 3.79. The Kier molecular flexibility index (Phi) is 4.31. The molecule has 0 aliphatic carbocycles. The second-order valence-corrected chi connectivity index (χ2v) is 4.20. The Morgan fingerprint density at radius 1 is 1.06 bits per heavy atom. The predicted octanol–water partition coefficient (Wildman–Crippen LogP) is 3.41. The van der Waals surface area contributed by atoms with Crippen molar-refractivity contribution in [3.05, 3.63) is 53.6 Å². The van der Waals surface area contributed by atoms with Gasteiger partial charge in [0.1, 0.15) is 12.4 Å². The highest BCUT2D eigenvalue weighted by atomic mass is 35.5. The Labute approximate surface area is 112 Å². The molecule has 0 heterocycles. The van der Waals surface area contributed by atoms with Crippen LogP contribution in [0.1, 0.15) is 0 Å². The van der Waals surface area contributed by atoms with E-state index in [2.05, 4.69) is 5.32 Å². The zero-order valence-electron chi connectivity index (χ0n) is 9.90. The van der Waals surface area contributed by atoms with E-state index in [-0.39, 0.29) is 0 Å². The molecule has 0 fully saturated rings. The number of ether oxygens (including phenoxy) is 1. The van der Waals surface area contributed by atoms with Gasteiger partial charge in [-0.25, -0.2) is 0 Å². The molecule has 2 rings (SSSR count). The molecular formula is C14H15ClN2O. The Bertz CT molecular complexity index is 502. The highest BCUT2D eigenvalue weighted by Gasteiger charge is 2.01. The van der Waals surface area contributed by atoms with Crippen LogP contribution >= 0.6 is 11.6 Å². The summed E-state index contributed by atoms with van der Waals surface area (Å²) in [7, 11) is 0. The Morgan fingerprint density at radius 3 is 2.61 bits per heavy atom. The van der Waals surface area contributed by atoms with Gasteiger partial charge in [0.15, 0.2) is 0 Å². The van der Waals surface area contributed by atoms with Crippen LogP contribution in [0.15, 0.2) is 48.5 Å². The average molecular weight is 263 g/mol. The molecule has 2 aromatic carbocycles. The minimum absolute atomic E-state index is 0.559. The quantitative estimate of drug-likeness (QED) is 0.641. The molecule has 4 heteroatoms. The number of benzene rings is 2. The number of nitrogens with two attached hydrogens (primary N) is 1. The van der Waals surface area contributed by atoms with Crippen molar-refractivity contribution in [2.45, 2.75) is 0 Å². The molecule has 94 valence electrons. The topological polar surface area (TPSA) is 47.3 Å². The SMILES string of the molecule is Nc1c(Cl)cccc1NCCOc1ccccc1. The van der Waals surface area contributed by atoms with Crippen LogP contribution < -0.4 is 15.8 Å². The number of para-hydroxylation sites is 2. The van der Waals surface area contributed by atoms with Gasteiger partial charge < -0.3 is 15.8 Å². The van der Waals surface area contributed by atoms with Crippen LogP contribution in [-0.2, 0) is 0 Å². The van der Waals surface area contributed by atoms with Gasteiger partial charge >= 0.3 is 0 Å². The molecule has 0 aromatic heterocycles. The van der Waals surface area contributed by atoms with Gasteiger partial charge in [-0.2, -0.15) is 0 Å². The van der Waals surface area contributed by atoms with Gasteiger partial charge in [0, 0.05) is 6.54 Å². The van der Waals surface area contributed by atoms with Gasteiger partial charge in [0.05, 0.1) is 16.4 Å². The van der Waals surface area contributed by atoms with E-state index in [1.165, 1.54) is 0 Å². The fourth-order valence-corrected chi connectivity index (χ4v) is 1.74.